The third kappa shape index (κ3) is 4.07. The van der Waals surface area contributed by atoms with Crippen LogP contribution in [0.4, 0.5) is 23.5 Å². The van der Waals surface area contributed by atoms with Crippen LogP contribution in [0.5, 0.6) is 0 Å². The molecule has 0 amide bonds. The van der Waals surface area contributed by atoms with Crippen molar-refractivity contribution in [3.8, 4) is 0 Å². The minimum atomic E-state index is -4.58. The molecule has 1 fully saturated rings. The Morgan fingerprint density at radius 2 is 2.21 bits per heavy atom. The van der Waals surface area contributed by atoms with E-state index in [9.17, 15) is 22.4 Å². The molecule has 12 heteroatoms. The maximum Gasteiger partial charge on any atom is 0.397 e. The van der Waals surface area contributed by atoms with Crippen LogP contribution in [0, 0.1) is 5.82 Å². The number of nitrogens with zero attached hydrogens (tertiary/aromatic N) is 3. The lowest BCUT2D eigenvalue weighted by atomic mass is 10.1. The zero-order valence-electron chi connectivity index (χ0n) is 14.9. The molecule has 3 heterocycles. The van der Waals surface area contributed by atoms with E-state index in [-0.39, 0.29) is 28.2 Å². The van der Waals surface area contributed by atoms with Crippen LogP contribution in [0.1, 0.15) is 31.9 Å². The topological polar surface area (TPSA) is 77.8 Å². The predicted molar refractivity (Wildman–Crippen MR) is 93.5 cm³/mol. The lowest BCUT2D eigenvalue weighted by molar-refractivity contribution is -0.153. The monoisotopic (exact) mass is 468 g/mol. The van der Waals surface area contributed by atoms with Gasteiger partial charge in [0.05, 0.1) is 34.9 Å². The van der Waals surface area contributed by atoms with Gasteiger partial charge in [0.25, 0.3) is 0 Å². The summed E-state index contributed by atoms with van der Waals surface area (Å²) in [6, 6.07) is -0.401. The summed E-state index contributed by atoms with van der Waals surface area (Å²) in [5.74, 6) is -3.34. The second-order valence-electron chi connectivity index (χ2n) is 6.42. The van der Waals surface area contributed by atoms with Gasteiger partial charge in [-0.1, -0.05) is 0 Å². The van der Waals surface area contributed by atoms with Gasteiger partial charge < -0.3 is 14.8 Å². The fourth-order valence-corrected chi connectivity index (χ4v) is 3.68. The van der Waals surface area contributed by atoms with Crippen LogP contribution in [0.15, 0.2) is 10.7 Å². The Balaban J connectivity index is 1.96. The van der Waals surface area contributed by atoms with Crippen LogP contribution in [0.25, 0.3) is 5.52 Å². The zero-order valence-corrected chi connectivity index (χ0v) is 16.5. The van der Waals surface area contributed by atoms with Gasteiger partial charge in [-0.25, -0.2) is 13.9 Å². The van der Waals surface area contributed by atoms with E-state index in [2.05, 4.69) is 31.3 Å². The van der Waals surface area contributed by atoms with Crippen molar-refractivity contribution >= 4 is 33.4 Å². The summed E-state index contributed by atoms with van der Waals surface area (Å²) < 4.78 is 65.1. The van der Waals surface area contributed by atoms with Crippen molar-refractivity contribution in [2.24, 2.45) is 0 Å². The summed E-state index contributed by atoms with van der Waals surface area (Å²) in [5.41, 5.74) is -0.555. The van der Waals surface area contributed by atoms with E-state index in [1.165, 1.54) is 6.92 Å². The second kappa shape index (κ2) is 7.82. The molecule has 1 aliphatic rings. The number of anilines is 1. The molecular weight excluding hydrogens is 452 g/mol. The quantitative estimate of drug-likeness (QED) is 0.547. The molecule has 1 saturated heterocycles. The summed E-state index contributed by atoms with van der Waals surface area (Å²) in [6.07, 6.45) is -3.62. The van der Waals surface area contributed by atoms with Gasteiger partial charge in [-0.05, 0) is 29.3 Å². The summed E-state index contributed by atoms with van der Waals surface area (Å²) >= 11 is 2.89. The summed E-state index contributed by atoms with van der Waals surface area (Å²) in [5, 5.41) is 6.99. The van der Waals surface area contributed by atoms with Crippen molar-refractivity contribution in [1.82, 2.24) is 14.6 Å². The van der Waals surface area contributed by atoms with E-state index >= 15 is 0 Å². The highest BCUT2D eigenvalue weighted by Gasteiger charge is 2.41. The summed E-state index contributed by atoms with van der Waals surface area (Å²) in [6.45, 7) is 2.76. The molecule has 1 aliphatic heterocycles. The Labute approximate surface area is 165 Å². The highest BCUT2D eigenvalue weighted by molar-refractivity contribution is 9.10. The Morgan fingerprint density at radius 1 is 1.50 bits per heavy atom. The van der Waals surface area contributed by atoms with Gasteiger partial charge in [0, 0.05) is 13.5 Å². The Kier molecular flexibility index (Phi) is 5.80. The first-order chi connectivity index (χ1) is 13.1. The van der Waals surface area contributed by atoms with Crippen LogP contribution in [0.3, 0.4) is 0 Å². The smallest absolute Gasteiger partial charge is 0.397 e. The van der Waals surface area contributed by atoms with Gasteiger partial charge in [0.15, 0.2) is 5.82 Å². The van der Waals surface area contributed by atoms with Crippen LogP contribution < -0.4 is 5.32 Å². The molecule has 3 atom stereocenters. The van der Waals surface area contributed by atoms with Gasteiger partial charge in [-0.2, -0.15) is 13.2 Å². The van der Waals surface area contributed by atoms with Gasteiger partial charge in [-0.15, -0.1) is 5.10 Å². The van der Waals surface area contributed by atoms with Gasteiger partial charge in [0.2, 0.25) is 5.95 Å². The Hall–Kier alpha value is -1.95. The molecule has 0 aliphatic carbocycles. The molecule has 0 bridgehead atoms. The fourth-order valence-electron chi connectivity index (χ4n) is 2.97. The van der Waals surface area contributed by atoms with Crippen LogP contribution in [0.2, 0.25) is 0 Å². The number of carbonyl (C=O) groups excluding carboxylic acids is 1. The predicted octanol–water partition coefficient (Wildman–Crippen LogP) is 3.43. The zero-order chi connectivity index (χ0) is 20.6. The minimum Gasteiger partial charge on any atom is -0.458 e. The lowest BCUT2D eigenvalue weighted by Crippen LogP contribution is -2.44. The molecule has 0 spiro atoms. The van der Waals surface area contributed by atoms with E-state index in [1.54, 1.807) is 0 Å². The standard InChI is InChI=1S/C16H17BrF4N4O3/c1-7(16(19,20)21)14-12(17)13(18)10-5-22-15(24-25(10)14)23-9-3-4-27-6-11(9)28-8(2)26/h5,7,9,11H,3-4,6H2,1-2H3,(H,23,24). The van der Waals surface area contributed by atoms with Crippen molar-refractivity contribution < 1.29 is 31.8 Å². The van der Waals surface area contributed by atoms with Gasteiger partial charge in [0.1, 0.15) is 11.6 Å². The third-order valence-electron chi connectivity index (χ3n) is 4.44. The maximum absolute atomic E-state index is 14.4. The molecular formula is C16H17BrF4N4O3. The number of ether oxygens (including phenoxy) is 2. The summed E-state index contributed by atoms with van der Waals surface area (Å²) in [7, 11) is 0. The fraction of sp³-hybridized carbons (Fsp3) is 0.562. The van der Waals surface area contributed by atoms with Crippen molar-refractivity contribution in [1.29, 1.82) is 0 Å². The minimum absolute atomic E-state index is 0.0188. The van der Waals surface area contributed by atoms with Crippen LogP contribution in [-0.4, -0.2) is 52.1 Å². The highest BCUT2D eigenvalue weighted by Crippen LogP contribution is 2.40. The molecule has 3 unspecified atom stereocenters. The number of nitrogens with one attached hydrogen (secondary N) is 1. The molecule has 3 rings (SSSR count). The Morgan fingerprint density at radius 3 is 2.86 bits per heavy atom. The molecule has 0 radical (unpaired) electrons. The van der Waals surface area contributed by atoms with E-state index in [4.69, 9.17) is 9.47 Å². The maximum atomic E-state index is 14.4. The van der Waals surface area contributed by atoms with Crippen LogP contribution in [-0.2, 0) is 14.3 Å². The van der Waals surface area contributed by atoms with Crippen molar-refractivity contribution in [3.05, 3.63) is 22.2 Å². The van der Waals surface area contributed by atoms with Gasteiger partial charge >= 0.3 is 12.1 Å². The second-order valence-corrected chi connectivity index (χ2v) is 7.21. The Bertz CT molecular complexity index is 889. The molecule has 2 aromatic rings. The van der Waals surface area contributed by atoms with Gasteiger partial charge in [-0.3, -0.25) is 4.79 Å². The lowest BCUT2D eigenvalue weighted by Gasteiger charge is -2.31. The molecule has 2 aromatic heterocycles. The van der Waals surface area contributed by atoms with E-state index < -0.39 is 36.0 Å². The van der Waals surface area contributed by atoms with E-state index in [0.717, 1.165) is 17.6 Å². The molecule has 0 aromatic carbocycles. The third-order valence-corrected chi connectivity index (χ3v) is 5.19. The van der Waals surface area contributed by atoms with Crippen LogP contribution >= 0.6 is 15.9 Å². The number of aromatic nitrogens is 3. The first-order valence-electron chi connectivity index (χ1n) is 8.40. The first-order valence-corrected chi connectivity index (χ1v) is 9.19. The number of esters is 1. The number of hydrogen-bond acceptors (Lipinski definition) is 6. The molecule has 0 saturated carbocycles. The largest absolute Gasteiger partial charge is 0.458 e. The average molecular weight is 469 g/mol. The molecule has 1 N–H and O–H groups in total. The highest BCUT2D eigenvalue weighted by atomic mass is 79.9. The number of alkyl halides is 3. The number of rotatable bonds is 4. The molecule has 28 heavy (non-hydrogen) atoms. The van der Waals surface area contributed by atoms with Crippen molar-refractivity contribution in [2.75, 3.05) is 18.5 Å². The summed E-state index contributed by atoms with van der Waals surface area (Å²) in [4.78, 5) is 15.2. The van der Waals surface area contributed by atoms with E-state index in [1.807, 2.05) is 0 Å². The first kappa shape index (κ1) is 20.8. The van der Waals surface area contributed by atoms with Crippen molar-refractivity contribution in [3.63, 3.8) is 0 Å². The SMILES string of the molecule is CC(=O)OC1COCCC1Nc1ncc2c(F)c(Br)c(C(C)C(F)(F)F)n2n1. The normalized spacial score (nSPS) is 21.5. The number of hydrogen-bond donors (Lipinski definition) is 1. The molecule has 154 valence electrons. The molecule has 7 nitrogen and oxygen atoms in total. The number of carbonyl (C=O) groups is 1. The van der Waals surface area contributed by atoms with Crippen molar-refractivity contribution in [2.45, 2.75) is 44.5 Å². The van der Waals surface area contributed by atoms with E-state index in [0.29, 0.717) is 13.0 Å². The number of fused-ring (bicyclic) bond motifs is 1. The number of halogens is 5. The average Bonchev–Trinajstić information content (AvgIpc) is 2.85.